The van der Waals surface area contributed by atoms with Crippen LogP contribution >= 0.6 is 0 Å². The van der Waals surface area contributed by atoms with E-state index in [0.717, 1.165) is 38.9 Å². The van der Waals surface area contributed by atoms with E-state index in [0.29, 0.717) is 23.3 Å². The zero-order chi connectivity index (χ0) is 30.5. The largest absolute Gasteiger partial charge is 0.451 e. The number of anilines is 3. The fraction of sp³-hybridized carbons (Fsp3) is 0. The fourth-order valence-corrected chi connectivity index (χ4v) is 8.90. The maximum absolute atomic E-state index is 6.63. The van der Waals surface area contributed by atoms with Gasteiger partial charge in [0.05, 0.1) is 16.9 Å². The molecule has 0 bridgehead atoms. The van der Waals surface area contributed by atoms with Crippen LogP contribution in [0.2, 0.25) is 0 Å². The quantitative estimate of drug-likeness (QED) is 0.139. The molecule has 1 aliphatic heterocycles. The molecule has 2 radical (unpaired) electrons. The smallest absolute Gasteiger partial charge is 0.309 e. The Labute approximate surface area is 283 Å². The minimum absolute atomic E-state index is 0. The predicted octanol–water partition coefficient (Wildman–Crippen LogP) is 7.53. The van der Waals surface area contributed by atoms with E-state index in [1.54, 1.807) is 6.20 Å². The summed E-state index contributed by atoms with van der Waals surface area (Å²) in [5.41, 5.74) is 5.00. The molecule has 8 heteroatoms. The molecule has 47 heavy (non-hydrogen) atoms. The number of hydrogen-bond donors (Lipinski definition) is 0. The molecule has 0 N–H and O–H groups in total. The fourth-order valence-electron chi connectivity index (χ4n) is 6.21. The summed E-state index contributed by atoms with van der Waals surface area (Å²) in [4.78, 5) is 17.1. The molecule has 0 amide bonds. The first-order chi connectivity index (χ1) is 22.8. The van der Waals surface area contributed by atoms with Crippen LogP contribution in [0.5, 0.6) is 11.5 Å². The summed E-state index contributed by atoms with van der Waals surface area (Å²) in [6.07, 6.45) is 1.80. The number of fused-ring (bicyclic) bond motifs is 4. The summed E-state index contributed by atoms with van der Waals surface area (Å²) in [6.45, 7) is 0. The Kier molecular flexibility index (Phi) is 7.38. The third-order valence-corrected chi connectivity index (χ3v) is 11.0. The third kappa shape index (κ3) is 5.00. The van der Waals surface area contributed by atoms with Gasteiger partial charge in [-0.25, -0.2) is 9.88 Å². The molecule has 9 rings (SSSR count). The van der Waals surface area contributed by atoms with Gasteiger partial charge in [-0.3, -0.25) is 4.98 Å². The van der Waals surface area contributed by atoms with Gasteiger partial charge in [0, 0.05) is 34.2 Å². The van der Waals surface area contributed by atoms with Crippen LogP contribution in [0.4, 0.5) is 17.5 Å². The van der Waals surface area contributed by atoms with Gasteiger partial charge in [-0.15, -0.1) is 0 Å². The van der Waals surface area contributed by atoms with E-state index in [1.807, 2.05) is 71.6 Å². The van der Waals surface area contributed by atoms with Gasteiger partial charge in [0.1, 0.15) is 5.52 Å². The molecule has 0 saturated heterocycles. The second-order valence-corrected chi connectivity index (χ2v) is 13.5. The summed E-state index contributed by atoms with van der Waals surface area (Å²) in [6, 6.07) is 50.1. The van der Waals surface area contributed by atoms with Crippen LogP contribution in [-0.4, -0.2) is 23.7 Å². The van der Waals surface area contributed by atoms with Gasteiger partial charge in [-0.05, 0) is 41.6 Å². The molecule has 3 aromatic heterocycles. The number of nitrogens with zero attached hydrogens (tertiary/aromatic N) is 4. The molecule has 0 unspecified atom stereocenters. The van der Waals surface area contributed by atoms with Crippen LogP contribution in [0.15, 0.2) is 156 Å². The van der Waals surface area contributed by atoms with Crippen molar-refractivity contribution in [3.63, 3.8) is 0 Å². The Bertz CT molecular complexity index is 2330. The topological polar surface area (TPSA) is 64.3 Å². The Hall–Kier alpha value is -5.53. The monoisotopic (exact) mass is 672 g/mol. The number of hydrogen-bond acceptors (Lipinski definition) is 6. The van der Waals surface area contributed by atoms with E-state index in [-0.39, 0.29) is 17.1 Å². The van der Waals surface area contributed by atoms with Crippen LogP contribution in [0, 0.1) is 0 Å². The second kappa shape index (κ2) is 12.0. The van der Waals surface area contributed by atoms with Crippen molar-refractivity contribution in [2.75, 3.05) is 4.90 Å². The molecule has 4 heterocycles. The van der Waals surface area contributed by atoms with Crippen LogP contribution in [0.3, 0.4) is 0 Å². The zero-order valence-electron chi connectivity index (χ0n) is 24.8. The molecule has 0 saturated carbocycles. The number of pyridine rings is 2. The van der Waals surface area contributed by atoms with E-state index in [9.17, 15) is 0 Å². The first-order valence-corrected chi connectivity index (χ1v) is 16.6. The average molecular weight is 673 g/mol. The Morgan fingerprint density at radius 3 is 2.09 bits per heavy atom. The van der Waals surface area contributed by atoms with Crippen molar-refractivity contribution < 1.29 is 26.2 Å². The van der Waals surface area contributed by atoms with E-state index in [1.165, 1.54) is 15.6 Å². The molecule has 228 valence electrons. The van der Waals surface area contributed by atoms with Gasteiger partial charge in [-0.2, -0.15) is 4.98 Å². The zero-order valence-corrected chi connectivity index (χ0v) is 26.8. The first-order valence-electron chi connectivity index (χ1n) is 15.1. The van der Waals surface area contributed by atoms with Crippen molar-refractivity contribution in [1.82, 2.24) is 15.0 Å². The molecule has 0 atom stereocenters. The number of ether oxygens (including phenoxy) is 1. The number of aromatic nitrogens is 3. The van der Waals surface area contributed by atoms with Gasteiger partial charge in [-0.1, -0.05) is 120 Å². The first kappa shape index (κ1) is 28.9. The van der Waals surface area contributed by atoms with E-state index >= 15 is 0 Å². The Balaban J connectivity index is 0.00000324. The van der Waals surface area contributed by atoms with Crippen LogP contribution < -0.4 is 25.2 Å². The van der Waals surface area contributed by atoms with Gasteiger partial charge in [0.2, 0.25) is 0 Å². The number of benzene rings is 5. The van der Waals surface area contributed by atoms with Crippen molar-refractivity contribution in [2.45, 2.75) is 0 Å². The molecular formula is C39H25CuN4O2Si. The molecule has 1 aliphatic rings. The van der Waals surface area contributed by atoms with Gasteiger partial charge in [0.25, 0.3) is 0 Å². The minimum Gasteiger partial charge on any atom is -0.451 e. The molecule has 0 aliphatic carbocycles. The predicted molar refractivity (Wildman–Crippen MR) is 185 cm³/mol. The Morgan fingerprint density at radius 2 is 1.32 bits per heavy atom. The summed E-state index contributed by atoms with van der Waals surface area (Å²) in [5, 5.41) is 4.70. The normalized spacial score (nSPS) is 12.0. The van der Waals surface area contributed by atoms with E-state index < -0.39 is 8.80 Å². The number of para-hydroxylation sites is 4. The van der Waals surface area contributed by atoms with Crippen LogP contribution in [0.1, 0.15) is 0 Å². The average Bonchev–Trinajstić information content (AvgIpc) is 3.56. The molecule has 6 nitrogen and oxygen atoms in total. The summed E-state index contributed by atoms with van der Waals surface area (Å²) >= 11 is 0. The van der Waals surface area contributed by atoms with Gasteiger partial charge in [0.15, 0.2) is 31.7 Å². The molecule has 0 spiro atoms. The summed E-state index contributed by atoms with van der Waals surface area (Å²) < 4.78 is 13.1. The molecule has 5 aromatic carbocycles. The number of rotatable bonds is 5. The van der Waals surface area contributed by atoms with Gasteiger partial charge < -0.3 is 9.15 Å². The molecule has 8 aromatic rings. The molecular weight excluding hydrogens is 648 g/mol. The van der Waals surface area contributed by atoms with E-state index in [4.69, 9.17) is 19.1 Å². The standard InChI is InChI=1S/C39H25N4O2Si.Cu/c1-3-14-27(15-4-1)46(28-16-5-2-6-17-28)35-23-12-22-33-37(35)42-39(45-33)43-31-20-7-8-21-32(31)44-34-25-26-13-11-18-29(36(26)41-38(34)43)30-19-9-10-24-40-30;/h1-25H;. The summed E-state index contributed by atoms with van der Waals surface area (Å²) in [7, 11) is -1.39. The van der Waals surface area contributed by atoms with Crippen molar-refractivity contribution in [2.24, 2.45) is 0 Å². The van der Waals surface area contributed by atoms with Crippen molar-refractivity contribution >= 4 is 63.9 Å². The maximum Gasteiger partial charge on any atom is 0.309 e. The maximum atomic E-state index is 6.63. The van der Waals surface area contributed by atoms with Crippen LogP contribution in [0.25, 0.3) is 33.3 Å². The Morgan fingerprint density at radius 1 is 0.596 bits per heavy atom. The summed E-state index contributed by atoms with van der Waals surface area (Å²) in [5.74, 6) is 1.95. The number of oxazole rings is 1. The third-order valence-electron chi connectivity index (χ3n) is 8.26. The van der Waals surface area contributed by atoms with Crippen LogP contribution in [-0.2, 0) is 17.1 Å². The van der Waals surface area contributed by atoms with Crippen molar-refractivity contribution in [3.05, 3.63) is 152 Å². The van der Waals surface area contributed by atoms with Crippen molar-refractivity contribution in [1.29, 1.82) is 0 Å². The van der Waals surface area contributed by atoms with Crippen molar-refractivity contribution in [3.8, 4) is 22.8 Å². The minimum atomic E-state index is -1.39. The SMILES string of the molecule is [Cu].c1ccc([Si](c2ccccc2)c2cccc3oc(N4c5ccccc5Oc5cc6cccc(-c7ccccn7)c6nc54)nc23)cc1. The van der Waals surface area contributed by atoms with E-state index in [2.05, 4.69) is 83.8 Å². The molecule has 0 fully saturated rings. The second-order valence-electron chi connectivity index (χ2n) is 11.1. The van der Waals surface area contributed by atoms with Gasteiger partial charge >= 0.3 is 6.01 Å².